The van der Waals surface area contributed by atoms with Crippen LogP contribution in [0.25, 0.3) is 0 Å². The van der Waals surface area contributed by atoms with Gasteiger partial charge in [-0.25, -0.2) is 10.1 Å². The molecule has 0 amide bonds. The van der Waals surface area contributed by atoms with Gasteiger partial charge in [-0.05, 0) is 23.7 Å². The Balaban J connectivity index is 2.14. The Morgan fingerprint density at radius 3 is 3.08 bits per heavy atom. The fraction of sp³-hybridized carbons (Fsp3) is 0. The minimum Gasteiger partial charge on any atom is -0.444 e. The van der Waals surface area contributed by atoms with E-state index in [2.05, 4.69) is 20.2 Å². The lowest BCUT2D eigenvalue weighted by Gasteiger charge is -1.82. The van der Waals surface area contributed by atoms with Crippen LogP contribution in [0.2, 0.25) is 5.22 Å². The van der Waals surface area contributed by atoms with Crippen molar-refractivity contribution in [1.29, 1.82) is 0 Å². The molecule has 13 heavy (non-hydrogen) atoms. The number of furan rings is 1. The number of H-pyrrole nitrogens is 1. The van der Waals surface area contributed by atoms with Crippen LogP contribution in [0.1, 0.15) is 5.76 Å². The maximum absolute atomic E-state index is 5.56. The third-order valence-electron chi connectivity index (χ3n) is 1.31. The van der Waals surface area contributed by atoms with Gasteiger partial charge in [-0.2, -0.15) is 10.1 Å². The van der Waals surface area contributed by atoms with Gasteiger partial charge < -0.3 is 4.42 Å². The van der Waals surface area contributed by atoms with Crippen LogP contribution in [0.5, 0.6) is 0 Å². The van der Waals surface area contributed by atoms with Gasteiger partial charge >= 0.3 is 0 Å². The molecule has 0 aliphatic rings. The number of nitrogens with zero attached hydrogens (tertiary/aromatic N) is 3. The van der Waals surface area contributed by atoms with Crippen molar-refractivity contribution in [1.82, 2.24) is 15.2 Å². The van der Waals surface area contributed by atoms with Crippen LogP contribution in [0.3, 0.4) is 0 Å². The van der Waals surface area contributed by atoms with E-state index in [1.54, 1.807) is 12.1 Å². The molecule has 2 aromatic heterocycles. The molecule has 0 aliphatic heterocycles. The van der Waals surface area contributed by atoms with Crippen LogP contribution in [0.15, 0.2) is 27.9 Å². The van der Waals surface area contributed by atoms with E-state index in [4.69, 9.17) is 16.0 Å². The smallest absolute Gasteiger partial charge is 0.245 e. The normalized spacial score (nSPS) is 11.2. The summed E-state index contributed by atoms with van der Waals surface area (Å²) in [4.78, 5) is 7.74. The number of aliphatic imine (C=N–C) groups is 1. The minimum absolute atomic E-state index is 0.332. The van der Waals surface area contributed by atoms with Crippen molar-refractivity contribution in [3.05, 3.63) is 29.4 Å². The van der Waals surface area contributed by atoms with Crippen LogP contribution in [-0.4, -0.2) is 21.4 Å². The van der Waals surface area contributed by atoms with Gasteiger partial charge in [-0.3, -0.25) is 0 Å². The summed E-state index contributed by atoms with van der Waals surface area (Å²) in [5.74, 6) is 0.994. The number of rotatable bonds is 2. The molecule has 0 fully saturated rings. The SMILES string of the molecule is Clc1ccc(/C=N/c2ncn[nH]2)o1. The van der Waals surface area contributed by atoms with Crippen LogP contribution in [0, 0.1) is 0 Å². The monoisotopic (exact) mass is 196 g/mol. The molecular formula is C7H5ClN4O. The molecule has 0 radical (unpaired) electrons. The summed E-state index contributed by atoms with van der Waals surface area (Å²) in [6.45, 7) is 0. The molecule has 2 rings (SSSR count). The molecule has 5 nitrogen and oxygen atoms in total. The van der Waals surface area contributed by atoms with Gasteiger partial charge in [0.25, 0.3) is 0 Å². The molecule has 66 valence electrons. The summed E-state index contributed by atoms with van der Waals surface area (Å²) in [5.41, 5.74) is 0. The highest BCUT2D eigenvalue weighted by Gasteiger charge is 1.95. The molecule has 0 saturated carbocycles. The Labute approximate surface area is 78.5 Å². The van der Waals surface area contributed by atoms with Crippen molar-refractivity contribution in [3.8, 4) is 0 Å². The first-order valence-corrected chi connectivity index (χ1v) is 3.87. The van der Waals surface area contributed by atoms with Crippen molar-refractivity contribution in [2.45, 2.75) is 0 Å². The summed E-state index contributed by atoms with van der Waals surface area (Å²) < 4.78 is 5.04. The molecule has 0 bridgehead atoms. The van der Waals surface area contributed by atoms with Gasteiger partial charge in [0.1, 0.15) is 12.1 Å². The van der Waals surface area contributed by atoms with E-state index in [-0.39, 0.29) is 0 Å². The van der Waals surface area contributed by atoms with E-state index >= 15 is 0 Å². The predicted molar refractivity (Wildman–Crippen MR) is 47.4 cm³/mol. The highest BCUT2D eigenvalue weighted by molar-refractivity contribution is 6.28. The second-order valence-electron chi connectivity index (χ2n) is 2.21. The first-order chi connectivity index (χ1) is 6.34. The lowest BCUT2D eigenvalue weighted by atomic mass is 10.5. The second kappa shape index (κ2) is 3.40. The maximum Gasteiger partial charge on any atom is 0.245 e. The first kappa shape index (κ1) is 8.00. The number of halogens is 1. The van der Waals surface area contributed by atoms with Crippen LogP contribution in [0.4, 0.5) is 5.95 Å². The highest BCUT2D eigenvalue weighted by atomic mass is 35.5. The molecule has 0 unspecified atom stereocenters. The van der Waals surface area contributed by atoms with Crippen molar-refractivity contribution >= 4 is 23.8 Å². The molecule has 0 saturated heterocycles. The van der Waals surface area contributed by atoms with E-state index in [9.17, 15) is 0 Å². The van der Waals surface area contributed by atoms with Crippen LogP contribution >= 0.6 is 11.6 Å². The molecule has 2 aromatic rings. The Morgan fingerprint density at radius 2 is 2.46 bits per heavy atom. The fourth-order valence-corrected chi connectivity index (χ4v) is 0.936. The topological polar surface area (TPSA) is 67.1 Å². The van der Waals surface area contributed by atoms with Gasteiger partial charge in [0, 0.05) is 0 Å². The van der Waals surface area contributed by atoms with Gasteiger partial charge in [-0.1, -0.05) is 0 Å². The van der Waals surface area contributed by atoms with E-state index < -0.39 is 0 Å². The van der Waals surface area contributed by atoms with Crippen molar-refractivity contribution in [2.24, 2.45) is 4.99 Å². The van der Waals surface area contributed by atoms with Crippen molar-refractivity contribution in [3.63, 3.8) is 0 Å². The summed E-state index contributed by atoms with van der Waals surface area (Å²) in [6.07, 6.45) is 2.88. The lowest BCUT2D eigenvalue weighted by Crippen LogP contribution is -1.74. The quantitative estimate of drug-likeness (QED) is 0.745. The highest BCUT2D eigenvalue weighted by Crippen LogP contribution is 2.11. The number of nitrogens with one attached hydrogen (secondary N) is 1. The Bertz CT molecular complexity index is 406. The molecule has 1 N–H and O–H groups in total. The predicted octanol–water partition coefficient (Wildman–Crippen LogP) is 1.80. The van der Waals surface area contributed by atoms with E-state index in [1.165, 1.54) is 12.5 Å². The van der Waals surface area contributed by atoms with E-state index in [0.29, 0.717) is 16.9 Å². The van der Waals surface area contributed by atoms with Crippen molar-refractivity contribution < 1.29 is 4.42 Å². The zero-order valence-electron chi connectivity index (χ0n) is 6.44. The molecule has 0 aliphatic carbocycles. The van der Waals surface area contributed by atoms with E-state index in [0.717, 1.165) is 0 Å². The summed E-state index contributed by atoms with van der Waals surface area (Å²) in [5, 5.41) is 6.55. The number of hydrogen-bond acceptors (Lipinski definition) is 4. The van der Waals surface area contributed by atoms with Crippen LogP contribution in [-0.2, 0) is 0 Å². The summed E-state index contributed by atoms with van der Waals surface area (Å²) >= 11 is 5.56. The third-order valence-corrected chi connectivity index (χ3v) is 1.51. The maximum atomic E-state index is 5.56. The summed E-state index contributed by atoms with van der Waals surface area (Å²) in [7, 11) is 0. The standard InChI is InChI=1S/C7H5ClN4O/c8-6-2-1-5(13-6)3-9-7-10-4-11-12-7/h1-4H,(H,10,11,12)/b9-3+. The van der Waals surface area contributed by atoms with Gasteiger partial charge in [0.2, 0.25) is 5.95 Å². The number of aromatic nitrogens is 3. The molecule has 2 heterocycles. The Morgan fingerprint density at radius 1 is 1.54 bits per heavy atom. The van der Waals surface area contributed by atoms with E-state index in [1.807, 2.05) is 0 Å². The zero-order valence-corrected chi connectivity index (χ0v) is 7.19. The average molecular weight is 197 g/mol. The fourth-order valence-electron chi connectivity index (χ4n) is 0.784. The second-order valence-corrected chi connectivity index (χ2v) is 2.58. The molecule has 6 heteroatoms. The first-order valence-electron chi connectivity index (χ1n) is 3.49. The minimum atomic E-state index is 0.332. The largest absolute Gasteiger partial charge is 0.444 e. The Kier molecular flexibility index (Phi) is 2.09. The lowest BCUT2D eigenvalue weighted by molar-refractivity contribution is 0.562. The molecule has 0 aromatic carbocycles. The average Bonchev–Trinajstić information content (AvgIpc) is 2.71. The number of aromatic amines is 1. The molecule has 0 spiro atoms. The van der Waals surface area contributed by atoms with Crippen LogP contribution < -0.4 is 0 Å². The number of hydrogen-bond donors (Lipinski definition) is 1. The van der Waals surface area contributed by atoms with Gasteiger partial charge in [0.15, 0.2) is 5.22 Å². The van der Waals surface area contributed by atoms with Gasteiger partial charge in [-0.15, -0.1) is 0 Å². The van der Waals surface area contributed by atoms with Gasteiger partial charge in [0.05, 0.1) is 6.21 Å². The molecule has 0 atom stereocenters. The molecular weight excluding hydrogens is 192 g/mol. The zero-order chi connectivity index (χ0) is 9.10. The Hall–Kier alpha value is -1.62. The third kappa shape index (κ3) is 1.94. The summed E-state index contributed by atoms with van der Waals surface area (Å²) in [6, 6.07) is 3.35. The van der Waals surface area contributed by atoms with Crippen molar-refractivity contribution in [2.75, 3.05) is 0 Å².